The number of rotatable bonds is 10. The van der Waals surface area contributed by atoms with E-state index in [0.717, 1.165) is 37.8 Å². The maximum atomic E-state index is 13.3. The number of carbonyl (C=O) groups excluding carboxylic acids is 2. The summed E-state index contributed by atoms with van der Waals surface area (Å²) in [5.74, 6) is -0.315. The first-order chi connectivity index (χ1) is 18.7. The number of hydrogen-bond acceptors (Lipinski definition) is 9. The van der Waals surface area contributed by atoms with E-state index in [2.05, 4.69) is 25.3 Å². The molecular weight excluding hydrogens is 520 g/mol. The van der Waals surface area contributed by atoms with Gasteiger partial charge in [0.15, 0.2) is 0 Å². The van der Waals surface area contributed by atoms with Crippen molar-refractivity contribution in [2.45, 2.75) is 19.8 Å². The summed E-state index contributed by atoms with van der Waals surface area (Å²) in [7, 11) is -3.36. The van der Waals surface area contributed by atoms with Gasteiger partial charge in [0.25, 0.3) is 0 Å². The van der Waals surface area contributed by atoms with Gasteiger partial charge in [-0.2, -0.15) is 0 Å². The van der Waals surface area contributed by atoms with Crippen LogP contribution in [0.1, 0.15) is 19.8 Å². The Labute approximate surface area is 228 Å². The number of aromatic nitrogens is 2. The predicted molar refractivity (Wildman–Crippen MR) is 150 cm³/mol. The summed E-state index contributed by atoms with van der Waals surface area (Å²) in [4.78, 5) is 35.9. The molecule has 2 heterocycles. The summed E-state index contributed by atoms with van der Waals surface area (Å²) in [6.07, 6.45) is 4.17. The van der Waals surface area contributed by atoms with Gasteiger partial charge in [-0.25, -0.2) is 18.4 Å². The lowest BCUT2D eigenvalue weighted by Gasteiger charge is -2.29. The first kappa shape index (κ1) is 28.0. The summed E-state index contributed by atoms with van der Waals surface area (Å²) in [5.41, 5.74) is 3.22. The van der Waals surface area contributed by atoms with E-state index in [-0.39, 0.29) is 25.0 Å². The zero-order valence-electron chi connectivity index (χ0n) is 21.9. The molecule has 3 N–H and O–H groups in total. The van der Waals surface area contributed by atoms with Crippen LogP contribution in [0, 0.1) is 5.92 Å². The molecule has 0 saturated carbocycles. The lowest BCUT2D eigenvalue weighted by atomic mass is 9.96. The van der Waals surface area contributed by atoms with E-state index in [0.29, 0.717) is 28.7 Å². The maximum absolute atomic E-state index is 13.3. The van der Waals surface area contributed by atoms with Crippen molar-refractivity contribution in [2.24, 2.45) is 5.92 Å². The first-order valence-corrected chi connectivity index (χ1v) is 14.6. The molecular formula is C27H32N6O5S. The van der Waals surface area contributed by atoms with Crippen molar-refractivity contribution in [2.75, 3.05) is 47.4 Å². The fraction of sp³-hybridized carbons (Fsp3) is 0.333. The highest BCUT2D eigenvalue weighted by Crippen LogP contribution is 2.25. The van der Waals surface area contributed by atoms with Gasteiger partial charge < -0.3 is 20.3 Å². The third kappa shape index (κ3) is 7.98. The SMILES string of the molecule is CCOC(=O)CN(C(=O)C1CCNCC1)c1ccc(Nc2nccc(-c3ccc(NS(C)(=O)=O)cc3)n2)cc1. The lowest BCUT2D eigenvalue weighted by Crippen LogP contribution is -2.43. The van der Waals surface area contributed by atoms with Crippen LogP contribution in [0.4, 0.5) is 23.0 Å². The maximum Gasteiger partial charge on any atom is 0.326 e. The van der Waals surface area contributed by atoms with Crippen molar-refractivity contribution in [3.8, 4) is 11.3 Å². The van der Waals surface area contributed by atoms with Gasteiger partial charge >= 0.3 is 5.97 Å². The second-order valence-electron chi connectivity index (χ2n) is 9.14. The molecule has 1 aromatic heterocycles. The molecule has 1 aliphatic heterocycles. The number of benzene rings is 2. The van der Waals surface area contributed by atoms with Crippen LogP contribution in [0.5, 0.6) is 0 Å². The molecule has 1 fully saturated rings. The largest absolute Gasteiger partial charge is 0.465 e. The molecule has 0 radical (unpaired) electrons. The van der Waals surface area contributed by atoms with Crippen molar-refractivity contribution in [3.05, 3.63) is 60.8 Å². The number of nitrogens with one attached hydrogen (secondary N) is 3. The van der Waals surface area contributed by atoms with E-state index in [9.17, 15) is 18.0 Å². The van der Waals surface area contributed by atoms with E-state index in [1.54, 1.807) is 67.7 Å². The smallest absolute Gasteiger partial charge is 0.326 e. The van der Waals surface area contributed by atoms with E-state index >= 15 is 0 Å². The first-order valence-electron chi connectivity index (χ1n) is 12.7. The van der Waals surface area contributed by atoms with Crippen molar-refractivity contribution >= 4 is 44.9 Å². The van der Waals surface area contributed by atoms with Crippen LogP contribution < -0.4 is 20.3 Å². The monoisotopic (exact) mass is 552 g/mol. The molecule has 206 valence electrons. The Balaban J connectivity index is 1.48. The van der Waals surface area contributed by atoms with Gasteiger partial charge in [0, 0.05) is 34.7 Å². The summed E-state index contributed by atoms with van der Waals surface area (Å²) in [6.45, 7) is 3.38. The molecule has 1 amide bonds. The molecule has 1 aliphatic rings. The minimum atomic E-state index is -3.36. The highest BCUT2D eigenvalue weighted by molar-refractivity contribution is 7.92. The average molecular weight is 553 g/mol. The Morgan fingerprint density at radius 1 is 1.03 bits per heavy atom. The molecule has 0 unspecified atom stereocenters. The van der Waals surface area contributed by atoms with Gasteiger partial charge in [-0.1, -0.05) is 12.1 Å². The summed E-state index contributed by atoms with van der Waals surface area (Å²) in [5, 5.41) is 6.42. The Morgan fingerprint density at radius 3 is 2.33 bits per heavy atom. The number of hydrogen-bond donors (Lipinski definition) is 3. The summed E-state index contributed by atoms with van der Waals surface area (Å²) < 4.78 is 30.4. The van der Waals surface area contributed by atoms with Crippen molar-refractivity contribution in [1.29, 1.82) is 0 Å². The van der Waals surface area contributed by atoms with Crippen LogP contribution in [-0.4, -0.2) is 62.8 Å². The predicted octanol–water partition coefficient (Wildman–Crippen LogP) is 3.15. The fourth-order valence-electron chi connectivity index (χ4n) is 4.28. The molecule has 11 nitrogen and oxygen atoms in total. The minimum absolute atomic E-state index is 0.0842. The molecule has 3 aromatic rings. The number of piperidine rings is 1. The Bertz CT molecular complexity index is 1390. The normalized spacial score (nSPS) is 13.9. The highest BCUT2D eigenvalue weighted by Gasteiger charge is 2.28. The summed E-state index contributed by atoms with van der Waals surface area (Å²) in [6, 6.07) is 15.8. The average Bonchev–Trinajstić information content (AvgIpc) is 2.92. The standard InChI is InChI=1S/C27H32N6O5S/c1-3-38-25(34)18-33(26(35)20-12-15-28-16-13-20)23-10-8-21(9-11-23)30-27-29-17-14-24(31-27)19-4-6-22(7-5-19)32-39(2,36)37/h4-11,14,17,20,28,32H,3,12-13,15-16,18H2,1-2H3,(H,29,30,31). The molecule has 12 heteroatoms. The van der Waals surface area contributed by atoms with Gasteiger partial charge in [0.2, 0.25) is 21.9 Å². The molecule has 1 saturated heterocycles. The number of carbonyl (C=O) groups is 2. The number of esters is 1. The van der Waals surface area contributed by atoms with Gasteiger partial charge in [-0.05, 0) is 75.3 Å². The Morgan fingerprint density at radius 2 is 1.69 bits per heavy atom. The van der Waals surface area contributed by atoms with E-state index in [1.165, 1.54) is 4.90 Å². The topological polar surface area (TPSA) is 143 Å². The van der Waals surface area contributed by atoms with Crippen LogP contribution in [-0.2, 0) is 24.3 Å². The number of nitrogens with zero attached hydrogens (tertiary/aromatic N) is 3. The van der Waals surface area contributed by atoms with Crippen LogP contribution >= 0.6 is 0 Å². The van der Waals surface area contributed by atoms with Gasteiger partial charge in [0.1, 0.15) is 6.54 Å². The van der Waals surface area contributed by atoms with E-state index in [1.807, 2.05) is 0 Å². The Hall–Kier alpha value is -4.03. The second kappa shape index (κ2) is 12.7. The van der Waals surface area contributed by atoms with Gasteiger partial charge in [0.05, 0.1) is 18.6 Å². The molecule has 0 bridgehead atoms. The Kier molecular flexibility index (Phi) is 9.10. The van der Waals surface area contributed by atoms with Gasteiger partial charge in [-0.3, -0.25) is 14.3 Å². The third-order valence-corrected chi connectivity index (χ3v) is 6.73. The van der Waals surface area contributed by atoms with Crippen LogP contribution in [0.3, 0.4) is 0 Å². The number of sulfonamides is 1. The minimum Gasteiger partial charge on any atom is -0.465 e. The van der Waals surface area contributed by atoms with Crippen molar-refractivity contribution < 1.29 is 22.7 Å². The third-order valence-electron chi connectivity index (χ3n) is 6.12. The molecule has 0 spiro atoms. The molecule has 39 heavy (non-hydrogen) atoms. The highest BCUT2D eigenvalue weighted by atomic mass is 32.2. The van der Waals surface area contributed by atoms with Gasteiger partial charge in [-0.15, -0.1) is 0 Å². The quantitative estimate of drug-likeness (QED) is 0.323. The van der Waals surface area contributed by atoms with Crippen LogP contribution in [0.25, 0.3) is 11.3 Å². The van der Waals surface area contributed by atoms with Crippen LogP contribution in [0.2, 0.25) is 0 Å². The number of anilines is 4. The summed E-state index contributed by atoms with van der Waals surface area (Å²) >= 11 is 0. The second-order valence-corrected chi connectivity index (χ2v) is 10.9. The fourth-order valence-corrected chi connectivity index (χ4v) is 4.84. The lowest BCUT2D eigenvalue weighted by molar-refractivity contribution is -0.142. The van der Waals surface area contributed by atoms with Crippen molar-refractivity contribution in [3.63, 3.8) is 0 Å². The molecule has 0 aliphatic carbocycles. The molecule has 0 atom stereocenters. The van der Waals surface area contributed by atoms with E-state index < -0.39 is 16.0 Å². The van der Waals surface area contributed by atoms with E-state index in [4.69, 9.17) is 4.74 Å². The zero-order valence-corrected chi connectivity index (χ0v) is 22.7. The molecule has 2 aromatic carbocycles. The number of ether oxygens (including phenoxy) is 1. The number of amides is 1. The van der Waals surface area contributed by atoms with Crippen LogP contribution in [0.15, 0.2) is 60.8 Å². The zero-order chi connectivity index (χ0) is 27.8. The van der Waals surface area contributed by atoms with Crippen molar-refractivity contribution in [1.82, 2.24) is 15.3 Å². The molecule has 4 rings (SSSR count).